The molecule has 0 aromatic heterocycles. The molecule has 0 atom stereocenters. The fraction of sp³-hybridized carbons (Fsp3) is 0.176. The maximum Gasteiger partial charge on any atom is 0.344 e. The minimum Gasteiger partial charge on any atom is -0.423 e. The molecule has 1 amide bonds. The third-order valence-electron chi connectivity index (χ3n) is 3.19. The second kappa shape index (κ2) is 7.15. The molecule has 6 heteroatoms. The van der Waals surface area contributed by atoms with Crippen LogP contribution in [0.5, 0.6) is 5.75 Å². The summed E-state index contributed by atoms with van der Waals surface area (Å²) in [5.74, 6) is -0.363. The van der Waals surface area contributed by atoms with E-state index in [1.807, 2.05) is 0 Å². The molecule has 0 fully saturated rings. The molecule has 0 heterocycles. The van der Waals surface area contributed by atoms with E-state index < -0.39 is 5.97 Å². The minimum absolute atomic E-state index is 0.161. The number of amides is 1. The number of hydrogen-bond donors (Lipinski definition) is 0. The Balaban J connectivity index is 2.32. The molecule has 0 saturated carbocycles. The molecule has 2 aromatic carbocycles. The molecule has 0 unspecified atom stereocenters. The van der Waals surface area contributed by atoms with Gasteiger partial charge in [0.15, 0.2) is 0 Å². The zero-order valence-corrected chi connectivity index (χ0v) is 15.2. The van der Waals surface area contributed by atoms with E-state index in [0.717, 1.165) is 5.56 Å². The van der Waals surface area contributed by atoms with Gasteiger partial charge in [0.1, 0.15) is 5.75 Å². The minimum atomic E-state index is -0.545. The molecule has 0 radical (unpaired) electrons. The van der Waals surface area contributed by atoms with Crippen LogP contribution in [0, 0.1) is 6.92 Å². The molecular formula is C17H15BrClNO3. The van der Waals surface area contributed by atoms with Crippen LogP contribution < -0.4 is 4.74 Å². The molecule has 2 rings (SSSR count). The van der Waals surface area contributed by atoms with Gasteiger partial charge in [-0.15, -0.1) is 0 Å². The molecule has 2 aromatic rings. The molecule has 0 bridgehead atoms. The van der Waals surface area contributed by atoms with Crippen LogP contribution in [0.25, 0.3) is 0 Å². The van der Waals surface area contributed by atoms with E-state index in [-0.39, 0.29) is 5.91 Å². The number of carbonyl (C=O) groups excluding carboxylic acids is 2. The highest BCUT2D eigenvalue weighted by molar-refractivity contribution is 9.10. The van der Waals surface area contributed by atoms with Crippen molar-refractivity contribution in [3.05, 3.63) is 62.6 Å². The highest BCUT2D eigenvalue weighted by Gasteiger charge is 2.16. The van der Waals surface area contributed by atoms with Gasteiger partial charge in [-0.2, -0.15) is 0 Å². The lowest BCUT2D eigenvalue weighted by Crippen LogP contribution is -2.21. The van der Waals surface area contributed by atoms with Crippen LogP contribution in [0.1, 0.15) is 26.3 Å². The number of benzene rings is 2. The summed E-state index contributed by atoms with van der Waals surface area (Å²) in [6.45, 7) is 1.81. The van der Waals surface area contributed by atoms with Crippen molar-refractivity contribution < 1.29 is 14.3 Å². The van der Waals surface area contributed by atoms with Gasteiger partial charge in [0.25, 0.3) is 5.91 Å². The molecule has 0 saturated heterocycles. The molecule has 0 spiro atoms. The highest BCUT2D eigenvalue weighted by atomic mass is 79.9. The summed E-state index contributed by atoms with van der Waals surface area (Å²) in [6.07, 6.45) is 0. The van der Waals surface area contributed by atoms with Crippen molar-refractivity contribution in [2.24, 2.45) is 0 Å². The van der Waals surface area contributed by atoms with Crippen LogP contribution in [-0.4, -0.2) is 30.9 Å². The number of carbonyl (C=O) groups is 2. The lowest BCUT2D eigenvalue weighted by molar-refractivity contribution is 0.0729. The Morgan fingerprint density at radius 3 is 2.48 bits per heavy atom. The van der Waals surface area contributed by atoms with Crippen molar-refractivity contribution in [2.45, 2.75) is 6.92 Å². The van der Waals surface area contributed by atoms with Crippen molar-refractivity contribution in [1.29, 1.82) is 0 Å². The number of aryl methyl sites for hydroxylation is 1. The highest BCUT2D eigenvalue weighted by Crippen LogP contribution is 2.25. The van der Waals surface area contributed by atoms with Gasteiger partial charge in [-0.3, -0.25) is 4.79 Å². The summed E-state index contributed by atoms with van der Waals surface area (Å²) in [5, 5.41) is 0.438. The predicted molar refractivity (Wildman–Crippen MR) is 93.3 cm³/mol. The third kappa shape index (κ3) is 4.12. The van der Waals surface area contributed by atoms with Crippen LogP contribution in [0.2, 0.25) is 5.02 Å². The summed E-state index contributed by atoms with van der Waals surface area (Å²) in [4.78, 5) is 25.8. The van der Waals surface area contributed by atoms with E-state index >= 15 is 0 Å². The lowest BCUT2D eigenvalue weighted by Gasteiger charge is -2.13. The molecule has 0 N–H and O–H groups in total. The maximum absolute atomic E-state index is 12.3. The van der Waals surface area contributed by atoms with Crippen LogP contribution in [0.3, 0.4) is 0 Å². The number of hydrogen-bond acceptors (Lipinski definition) is 3. The number of ether oxygens (including phenoxy) is 1. The molecule has 120 valence electrons. The van der Waals surface area contributed by atoms with Crippen LogP contribution in [0.4, 0.5) is 0 Å². The second-order valence-electron chi connectivity index (χ2n) is 5.19. The number of esters is 1. The van der Waals surface area contributed by atoms with Crippen LogP contribution in [-0.2, 0) is 0 Å². The Morgan fingerprint density at radius 2 is 1.83 bits per heavy atom. The zero-order valence-electron chi connectivity index (χ0n) is 12.9. The van der Waals surface area contributed by atoms with Crippen molar-refractivity contribution in [2.75, 3.05) is 14.1 Å². The summed E-state index contributed by atoms with van der Waals surface area (Å²) in [6, 6.07) is 9.88. The van der Waals surface area contributed by atoms with Crippen LogP contribution in [0.15, 0.2) is 40.9 Å². The maximum atomic E-state index is 12.3. The summed E-state index contributed by atoms with van der Waals surface area (Å²) < 4.78 is 6.03. The smallest absolute Gasteiger partial charge is 0.344 e. The van der Waals surface area contributed by atoms with Gasteiger partial charge in [-0.25, -0.2) is 4.79 Å². The van der Waals surface area contributed by atoms with Crippen molar-refractivity contribution >= 4 is 39.4 Å². The largest absolute Gasteiger partial charge is 0.423 e. The van der Waals surface area contributed by atoms with Gasteiger partial charge in [-0.05, 0) is 58.7 Å². The molecule has 0 aliphatic carbocycles. The number of nitrogens with zero attached hydrogens (tertiary/aromatic N) is 1. The first-order valence-electron chi connectivity index (χ1n) is 6.79. The summed E-state index contributed by atoms with van der Waals surface area (Å²) >= 11 is 9.22. The first-order valence-corrected chi connectivity index (χ1v) is 7.96. The van der Waals surface area contributed by atoms with E-state index in [9.17, 15) is 9.59 Å². The number of rotatable bonds is 3. The Hall–Kier alpha value is -1.85. The first-order chi connectivity index (χ1) is 10.8. The van der Waals surface area contributed by atoms with E-state index in [0.29, 0.717) is 26.4 Å². The van der Waals surface area contributed by atoms with Crippen molar-refractivity contribution in [3.8, 4) is 5.75 Å². The van der Waals surface area contributed by atoms with Gasteiger partial charge in [0, 0.05) is 29.2 Å². The average molecular weight is 397 g/mol. The molecule has 0 aliphatic heterocycles. The van der Waals surface area contributed by atoms with E-state index in [2.05, 4.69) is 15.9 Å². The van der Waals surface area contributed by atoms with E-state index in [1.165, 1.54) is 11.0 Å². The Kier molecular flexibility index (Phi) is 5.44. The van der Waals surface area contributed by atoms with Gasteiger partial charge in [0.05, 0.1) is 5.56 Å². The van der Waals surface area contributed by atoms with E-state index in [4.69, 9.17) is 16.3 Å². The number of halogens is 2. The molecule has 23 heavy (non-hydrogen) atoms. The quantitative estimate of drug-likeness (QED) is 0.573. The zero-order chi connectivity index (χ0) is 17.1. The molecule has 0 aliphatic rings. The molecule has 4 nitrogen and oxygen atoms in total. The summed E-state index contributed by atoms with van der Waals surface area (Å²) in [5.41, 5.74) is 1.53. The Bertz CT molecular complexity index is 774. The van der Waals surface area contributed by atoms with Gasteiger partial charge < -0.3 is 9.64 Å². The monoisotopic (exact) mass is 395 g/mol. The standard InChI is InChI=1S/C17H15BrClNO3/c1-10-4-5-11(16(21)20(2)3)8-15(10)23-17(22)13-9-12(19)6-7-14(13)18/h4-9H,1-3H3. The predicted octanol–water partition coefficient (Wildman–Crippen LogP) is 4.33. The SMILES string of the molecule is Cc1ccc(C(=O)N(C)C)cc1OC(=O)c1cc(Cl)ccc1Br. The van der Waals surface area contributed by atoms with Crippen LogP contribution >= 0.6 is 27.5 Å². The van der Waals surface area contributed by atoms with E-state index in [1.54, 1.807) is 51.4 Å². The van der Waals surface area contributed by atoms with Gasteiger partial charge >= 0.3 is 5.97 Å². The normalized spacial score (nSPS) is 10.3. The fourth-order valence-corrected chi connectivity index (χ4v) is 2.49. The average Bonchev–Trinajstić information content (AvgIpc) is 2.50. The molecular weight excluding hydrogens is 382 g/mol. The lowest BCUT2D eigenvalue weighted by atomic mass is 10.1. The topological polar surface area (TPSA) is 46.6 Å². The third-order valence-corrected chi connectivity index (χ3v) is 4.12. The summed E-state index contributed by atoms with van der Waals surface area (Å²) in [7, 11) is 3.33. The first kappa shape index (κ1) is 17.5. The van der Waals surface area contributed by atoms with Crippen molar-refractivity contribution in [1.82, 2.24) is 4.90 Å². The van der Waals surface area contributed by atoms with Crippen molar-refractivity contribution in [3.63, 3.8) is 0 Å². The van der Waals surface area contributed by atoms with Gasteiger partial charge in [-0.1, -0.05) is 17.7 Å². The second-order valence-corrected chi connectivity index (χ2v) is 6.48. The fourth-order valence-electron chi connectivity index (χ4n) is 1.91. The Morgan fingerprint density at radius 1 is 1.13 bits per heavy atom. The van der Waals surface area contributed by atoms with Gasteiger partial charge in [0.2, 0.25) is 0 Å². The Labute approximate surface area is 148 Å².